The summed E-state index contributed by atoms with van der Waals surface area (Å²) in [6, 6.07) is 14.2. The smallest absolute Gasteiger partial charge is 0.254 e. The van der Waals surface area contributed by atoms with Gasteiger partial charge in [0, 0.05) is 24.1 Å². The van der Waals surface area contributed by atoms with Crippen LogP contribution < -0.4 is 0 Å². The van der Waals surface area contributed by atoms with Crippen molar-refractivity contribution in [2.45, 2.75) is 44.6 Å². The van der Waals surface area contributed by atoms with Gasteiger partial charge in [0.05, 0.1) is 0 Å². The number of benzene rings is 2. The zero-order chi connectivity index (χ0) is 16.7. The number of carbonyl (C=O) groups is 1. The van der Waals surface area contributed by atoms with Gasteiger partial charge < -0.3 is 10.0 Å². The van der Waals surface area contributed by atoms with Gasteiger partial charge in [-0.3, -0.25) is 4.79 Å². The van der Waals surface area contributed by atoms with E-state index >= 15 is 0 Å². The molecule has 2 aromatic carbocycles. The molecule has 1 saturated heterocycles. The molecule has 1 amide bonds. The lowest BCUT2D eigenvalue weighted by Gasteiger charge is -2.45. The standard InChI is InChI=1S/C21H23NO2/c1-14-8-9-16(13-20(14)23)21(24)22-12-4-7-18-17-6-3-2-5-15(17)10-11-19(18)22/h2-3,5-6,8-9,13,18-19,23H,4,7,10-12H2,1H3. The number of aromatic hydroxyl groups is 1. The molecular formula is C21H23NO2. The largest absolute Gasteiger partial charge is 0.508 e. The van der Waals surface area contributed by atoms with Crippen LogP contribution in [-0.2, 0) is 6.42 Å². The highest BCUT2D eigenvalue weighted by atomic mass is 16.3. The third-order valence-electron chi connectivity index (χ3n) is 5.66. The lowest BCUT2D eigenvalue weighted by Crippen LogP contribution is -2.49. The van der Waals surface area contributed by atoms with Crippen LogP contribution in [0.15, 0.2) is 42.5 Å². The molecule has 2 unspecified atom stereocenters. The number of amides is 1. The van der Waals surface area contributed by atoms with Crippen molar-refractivity contribution in [1.82, 2.24) is 4.90 Å². The van der Waals surface area contributed by atoms with Crippen LogP contribution >= 0.6 is 0 Å². The summed E-state index contributed by atoms with van der Waals surface area (Å²) in [6.45, 7) is 2.66. The van der Waals surface area contributed by atoms with Crippen LogP contribution in [0, 0.1) is 6.92 Å². The predicted octanol–water partition coefficient (Wildman–Crippen LogP) is 4.04. The fraction of sp³-hybridized carbons (Fsp3) is 0.381. The van der Waals surface area contributed by atoms with E-state index in [0.29, 0.717) is 11.5 Å². The minimum Gasteiger partial charge on any atom is -0.508 e. The Hall–Kier alpha value is -2.29. The lowest BCUT2D eigenvalue weighted by atomic mass is 9.74. The number of phenolic OH excluding ortho intramolecular Hbond substituents is 1. The number of fused-ring (bicyclic) bond motifs is 3. The highest BCUT2D eigenvalue weighted by Crippen LogP contribution is 2.41. The Bertz CT molecular complexity index is 783. The molecule has 0 saturated carbocycles. The molecule has 3 nitrogen and oxygen atoms in total. The third kappa shape index (κ3) is 2.48. The summed E-state index contributed by atoms with van der Waals surface area (Å²) < 4.78 is 0. The van der Waals surface area contributed by atoms with E-state index in [0.717, 1.165) is 37.8 Å². The van der Waals surface area contributed by atoms with Crippen LogP contribution in [0.4, 0.5) is 0 Å². The summed E-state index contributed by atoms with van der Waals surface area (Å²) in [5.41, 5.74) is 4.27. The summed E-state index contributed by atoms with van der Waals surface area (Å²) >= 11 is 0. The SMILES string of the molecule is Cc1ccc(C(=O)N2CCCC3c4ccccc4CCC32)cc1O. The minimum absolute atomic E-state index is 0.0550. The molecular weight excluding hydrogens is 298 g/mol. The van der Waals surface area contributed by atoms with Crippen molar-refractivity contribution in [2.24, 2.45) is 0 Å². The van der Waals surface area contributed by atoms with E-state index in [9.17, 15) is 9.90 Å². The lowest BCUT2D eigenvalue weighted by molar-refractivity contribution is 0.0546. The average Bonchev–Trinajstić information content (AvgIpc) is 2.62. The Morgan fingerprint density at radius 1 is 1.17 bits per heavy atom. The maximum atomic E-state index is 13.0. The van der Waals surface area contributed by atoms with Crippen molar-refractivity contribution >= 4 is 5.91 Å². The molecule has 0 aromatic heterocycles. The molecule has 24 heavy (non-hydrogen) atoms. The number of phenols is 1. The Labute approximate surface area is 142 Å². The van der Waals surface area contributed by atoms with Gasteiger partial charge in [0.25, 0.3) is 5.91 Å². The maximum Gasteiger partial charge on any atom is 0.254 e. The average molecular weight is 321 g/mol. The second-order valence-electron chi connectivity index (χ2n) is 7.05. The normalized spacial score (nSPS) is 22.6. The summed E-state index contributed by atoms with van der Waals surface area (Å²) in [7, 11) is 0. The molecule has 0 spiro atoms. The molecule has 1 N–H and O–H groups in total. The van der Waals surface area contributed by atoms with E-state index in [-0.39, 0.29) is 17.7 Å². The fourth-order valence-corrected chi connectivity index (χ4v) is 4.36. The van der Waals surface area contributed by atoms with Crippen molar-refractivity contribution < 1.29 is 9.90 Å². The first-order valence-electron chi connectivity index (χ1n) is 8.83. The first-order valence-corrected chi connectivity index (χ1v) is 8.83. The number of rotatable bonds is 1. The second kappa shape index (κ2) is 5.97. The molecule has 0 bridgehead atoms. The van der Waals surface area contributed by atoms with Crippen molar-refractivity contribution in [1.29, 1.82) is 0 Å². The van der Waals surface area contributed by atoms with Crippen molar-refractivity contribution in [3.63, 3.8) is 0 Å². The molecule has 2 aliphatic rings. The molecule has 1 heterocycles. The summed E-state index contributed by atoms with van der Waals surface area (Å²) in [6.07, 6.45) is 4.27. The van der Waals surface area contributed by atoms with Crippen molar-refractivity contribution in [3.05, 3.63) is 64.7 Å². The first kappa shape index (κ1) is 15.3. The number of carbonyl (C=O) groups excluding carboxylic acids is 1. The van der Waals surface area contributed by atoms with Gasteiger partial charge in [-0.25, -0.2) is 0 Å². The van der Waals surface area contributed by atoms with E-state index < -0.39 is 0 Å². The number of aryl methyl sites for hydroxylation is 2. The van der Waals surface area contributed by atoms with Crippen LogP contribution in [0.25, 0.3) is 0 Å². The molecule has 2 aromatic rings. The zero-order valence-corrected chi connectivity index (χ0v) is 14.0. The molecule has 4 rings (SSSR count). The highest BCUT2D eigenvalue weighted by molar-refractivity contribution is 5.95. The Kier molecular flexibility index (Phi) is 3.79. The monoisotopic (exact) mass is 321 g/mol. The molecule has 1 aliphatic heterocycles. The topological polar surface area (TPSA) is 40.5 Å². The number of hydrogen-bond acceptors (Lipinski definition) is 2. The van der Waals surface area contributed by atoms with E-state index in [2.05, 4.69) is 24.3 Å². The van der Waals surface area contributed by atoms with Crippen LogP contribution in [-0.4, -0.2) is 28.5 Å². The Morgan fingerprint density at radius 2 is 2.00 bits per heavy atom. The summed E-state index contributed by atoms with van der Waals surface area (Å²) in [5.74, 6) is 0.703. The van der Waals surface area contributed by atoms with Gasteiger partial charge in [-0.15, -0.1) is 0 Å². The van der Waals surface area contributed by atoms with Crippen molar-refractivity contribution in [3.8, 4) is 5.75 Å². The van der Waals surface area contributed by atoms with Crippen LogP contribution in [0.1, 0.15) is 52.2 Å². The zero-order valence-electron chi connectivity index (χ0n) is 14.0. The van der Waals surface area contributed by atoms with E-state index in [1.165, 1.54) is 11.1 Å². The van der Waals surface area contributed by atoms with E-state index in [1.807, 2.05) is 24.0 Å². The van der Waals surface area contributed by atoms with Gasteiger partial charge >= 0.3 is 0 Å². The predicted molar refractivity (Wildman–Crippen MR) is 94.4 cm³/mol. The highest BCUT2D eigenvalue weighted by Gasteiger charge is 2.38. The van der Waals surface area contributed by atoms with Crippen LogP contribution in [0.3, 0.4) is 0 Å². The minimum atomic E-state index is 0.0550. The third-order valence-corrected chi connectivity index (χ3v) is 5.66. The number of hydrogen-bond donors (Lipinski definition) is 1. The number of piperidine rings is 1. The van der Waals surface area contributed by atoms with Gasteiger partial charge in [0.2, 0.25) is 0 Å². The summed E-state index contributed by atoms with van der Waals surface area (Å²) in [4.78, 5) is 15.1. The van der Waals surface area contributed by atoms with Gasteiger partial charge in [-0.05, 0) is 61.4 Å². The fourth-order valence-electron chi connectivity index (χ4n) is 4.36. The molecule has 124 valence electrons. The van der Waals surface area contributed by atoms with Gasteiger partial charge in [-0.2, -0.15) is 0 Å². The first-order chi connectivity index (χ1) is 11.6. The van der Waals surface area contributed by atoms with E-state index in [4.69, 9.17) is 0 Å². The quantitative estimate of drug-likeness (QED) is 0.861. The van der Waals surface area contributed by atoms with Gasteiger partial charge in [0.1, 0.15) is 5.75 Å². The van der Waals surface area contributed by atoms with Crippen LogP contribution in [0.2, 0.25) is 0 Å². The molecule has 1 fully saturated rings. The molecule has 3 heteroatoms. The summed E-state index contributed by atoms with van der Waals surface area (Å²) in [5, 5.41) is 9.94. The molecule has 0 radical (unpaired) electrons. The number of nitrogens with zero attached hydrogens (tertiary/aromatic N) is 1. The second-order valence-corrected chi connectivity index (χ2v) is 7.05. The van der Waals surface area contributed by atoms with Gasteiger partial charge in [0.15, 0.2) is 0 Å². The maximum absolute atomic E-state index is 13.0. The molecule has 2 atom stereocenters. The molecule has 1 aliphatic carbocycles. The van der Waals surface area contributed by atoms with Crippen LogP contribution in [0.5, 0.6) is 5.75 Å². The van der Waals surface area contributed by atoms with Gasteiger partial charge in [-0.1, -0.05) is 30.3 Å². The van der Waals surface area contributed by atoms with Crippen molar-refractivity contribution in [2.75, 3.05) is 6.54 Å². The van der Waals surface area contributed by atoms with E-state index in [1.54, 1.807) is 6.07 Å². The Balaban J connectivity index is 1.64. The Morgan fingerprint density at radius 3 is 2.83 bits per heavy atom. The number of likely N-dealkylation sites (tertiary alicyclic amines) is 1.